The second-order valence-electron chi connectivity index (χ2n) is 6.52. The average Bonchev–Trinajstić information content (AvgIpc) is 3.34. The largest absolute Gasteiger partial charge is 0.481 e. The van der Waals surface area contributed by atoms with Crippen molar-refractivity contribution in [3.8, 4) is 27.7 Å². The number of rotatable bonds is 8. The van der Waals surface area contributed by atoms with Gasteiger partial charge in [-0.25, -0.2) is 4.98 Å². The maximum Gasteiger partial charge on any atom is 0.435 e. The number of unbranched alkanes of at least 4 members (excludes halogenated alkanes) is 3. The van der Waals surface area contributed by atoms with E-state index in [0.29, 0.717) is 11.6 Å². The first kappa shape index (κ1) is 20.4. The van der Waals surface area contributed by atoms with Gasteiger partial charge in [-0.15, -0.1) is 11.3 Å². The third-order valence-corrected chi connectivity index (χ3v) is 5.57. The van der Waals surface area contributed by atoms with E-state index in [9.17, 15) is 13.2 Å². The molecule has 0 unspecified atom stereocenters. The highest BCUT2D eigenvalue weighted by molar-refractivity contribution is 7.15. The van der Waals surface area contributed by atoms with Crippen LogP contribution in [0.15, 0.2) is 30.3 Å². The highest BCUT2D eigenvalue weighted by atomic mass is 32.1. The fourth-order valence-corrected chi connectivity index (χ4v) is 3.92. The van der Waals surface area contributed by atoms with Gasteiger partial charge >= 0.3 is 6.18 Å². The zero-order valence-corrected chi connectivity index (χ0v) is 16.6. The molecule has 3 heterocycles. The predicted molar refractivity (Wildman–Crippen MR) is 105 cm³/mol. The highest BCUT2D eigenvalue weighted by Crippen LogP contribution is 2.35. The van der Waals surface area contributed by atoms with E-state index in [-0.39, 0.29) is 5.69 Å². The number of hydrogen-bond donors (Lipinski definition) is 1. The van der Waals surface area contributed by atoms with Gasteiger partial charge in [0.1, 0.15) is 0 Å². The molecule has 0 saturated carbocycles. The Hall–Kier alpha value is -2.35. The lowest BCUT2D eigenvalue weighted by molar-refractivity contribution is -0.141. The van der Waals surface area contributed by atoms with Gasteiger partial charge in [0.15, 0.2) is 5.69 Å². The first-order valence-electron chi connectivity index (χ1n) is 9.19. The van der Waals surface area contributed by atoms with Crippen molar-refractivity contribution in [2.45, 2.75) is 45.2 Å². The molecule has 8 heteroatoms. The molecule has 3 aromatic rings. The summed E-state index contributed by atoms with van der Waals surface area (Å²) in [5, 5.41) is 5.77. The van der Waals surface area contributed by atoms with Crippen LogP contribution in [0.3, 0.4) is 0 Å². The second-order valence-corrected chi connectivity index (χ2v) is 7.69. The summed E-state index contributed by atoms with van der Waals surface area (Å²) < 4.78 is 43.7. The third kappa shape index (κ3) is 4.92. The number of aromatic nitrogens is 3. The molecule has 0 fully saturated rings. The Morgan fingerprint density at radius 3 is 2.61 bits per heavy atom. The van der Waals surface area contributed by atoms with Crippen LogP contribution in [0.25, 0.3) is 21.8 Å². The summed E-state index contributed by atoms with van der Waals surface area (Å²) in [6.45, 7) is 2.19. The quantitative estimate of drug-likeness (QED) is 0.441. The number of thiophene rings is 1. The molecule has 0 spiro atoms. The number of H-pyrrole nitrogens is 1. The summed E-state index contributed by atoms with van der Waals surface area (Å²) in [7, 11) is 1.48. The Balaban J connectivity index is 1.85. The van der Waals surface area contributed by atoms with Crippen molar-refractivity contribution in [1.82, 2.24) is 15.2 Å². The molecule has 3 aromatic heterocycles. The number of ether oxygens (including phenoxy) is 1. The maximum absolute atomic E-state index is 12.8. The van der Waals surface area contributed by atoms with E-state index in [1.165, 1.54) is 31.2 Å². The minimum atomic E-state index is -4.50. The van der Waals surface area contributed by atoms with Crippen LogP contribution in [0.5, 0.6) is 5.88 Å². The summed E-state index contributed by atoms with van der Waals surface area (Å²) in [5.41, 5.74) is 0.438. The standard InChI is InChI=1S/C20H22F3N3OS/c1-3-4-5-6-7-14-8-9-17(28-14)13-10-15(24-19(11-13)27-2)16-12-18(26-25-16)20(21,22)23/h8-12H,3-7H2,1-2H3,(H,25,26). The number of alkyl halides is 3. The third-order valence-electron chi connectivity index (χ3n) is 4.38. The summed E-state index contributed by atoms with van der Waals surface area (Å²) in [4.78, 5) is 6.59. The zero-order valence-electron chi connectivity index (χ0n) is 15.8. The number of methoxy groups -OCH3 is 1. The Morgan fingerprint density at radius 2 is 1.93 bits per heavy atom. The second kappa shape index (κ2) is 8.77. The smallest absolute Gasteiger partial charge is 0.435 e. The highest BCUT2D eigenvalue weighted by Gasteiger charge is 2.34. The lowest BCUT2D eigenvalue weighted by Crippen LogP contribution is -2.04. The van der Waals surface area contributed by atoms with Crippen molar-refractivity contribution >= 4 is 11.3 Å². The minimum Gasteiger partial charge on any atom is -0.481 e. The lowest BCUT2D eigenvalue weighted by Gasteiger charge is -2.06. The maximum atomic E-state index is 12.8. The van der Waals surface area contributed by atoms with Gasteiger partial charge in [0, 0.05) is 15.8 Å². The number of aryl methyl sites for hydroxylation is 1. The van der Waals surface area contributed by atoms with Gasteiger partial charge in [0.05, 0.1) is 18.5 Å². The minimum absolute atomic E-state index is 0.198. The molecule has 0 radical (unpaired) electrons. The predicted octanol–water partition coefficient (Wildman–Crippen LogP) is 6.35. The van der Waals surface area contributed by atoms with E-state index < -0.39 is 11.9 Å². The number of hydrogen-bond acceptors (Lipinski definition) is 4. The summed E-state index contributed by atoms with van der Waals surface area (Å²) in [6.07, 6.45) is 1.36. The van der Waals surface area contributed by atoms with Gasteiger partial charge in [0.2, 0.25) is 5.88 Å². The number of halogens is 3. The van der Waals surface area contributed by atoms with Crippen LogP contribution < -0.4 is 4.74 Å². The van der Waals surface area contributed by atoms with Gasteiger partial charge in [-0.3, -0.25) is 5.10 Å². The van der Waals surface area contributed by atoms with Crippen molar-refractivity contribution in [3.63, 3.8) is 0 Å². The number of nitrogens with one attached hydrogen (secondary N) is 1. The average molecular weight is 409 g/mol. The van der Waals surface area contributed by atoms with E-state index in [2.05, 4.69) is 28.2 Å². The fourth-order valence-electron chi connectivity index (χ4n) is 2.88. The van der Waals surface area contributed by atoms with Crippen molar-refractivity contribution in [1.29, 1.82) is 0 Å². The first-order valence-corrected chi connectivity index (χ1v) is 10.0. The van der Waals surface area contributed by atoms with Crippen molar-refractivity contribution in [2.75, 3.05) is 7.11 Å². The molecular formula is C20H22F3N3OS. The number of aromatic amines is 1. The topological polar surface area (TPSA) is 50.8 Å². The summed E-state index contributed by atoms with van der Waals surface area (Å²) in [6, 6.07) is 8.64. The first-order chi connectivity index (χ1) is 13.4. The van der Waals surface area contributed by atoms with Crippen LogP contribution in [0.2, 0.25) is 0 Å². The molecule has 0 aliphatic carbocycles. The molecule has 150 valence electrons. The molecule has 0 amide bonds. The molecule has 0 aliphatic heterocycles. The normalized spacial score (nSPS) is 11.8. The summed E-state index contributed by atoms with van der Waals surface area (Å²) >= 11 is 1.69. The molecule has 0 aliphatic rings. The number of nitrogens with zero attached hydrogens (tertiary/aromatic N) is 2. The molecule has 0 bridgehead atoms. The lowest BCUT2D eigenvalue weighted by atomic mass is 10.1. The molecular weight excluding hydrogens is 387 g/mol. The van der Waals surface area contributed by atoms with E-state index >= 15 is 0 Å². The van der Waals surface area contributed by atoms with E-state index in [1.807, 2.05) is 6.07 Å². The monoisotopic (exact) mass is 409 g/mol. The van der Waals surface area contributed by atoms with Crippen LogP contribution in [-0.2, 0) is 12.6 Å². The molecule has 3 rings (SSSR count). The molecule has 28 heavy (non-hydrogen) atoms. The summed E-state index contributed by atoms with van der Waals surface area (Å²) in [5.74, 6) is 0.341. The van der Waals surface area contributed by atoms with E-state index in [0.717, 1.165) is 29.3 Å². The Labute approximate surface area is 165 Å². The van der Waals surface area contributed by atoms with Crippen molar-refractivity contribution < 1.29 is 17.9 Å². The van der Waals surface area contributed by atoms with Gasteiger partial charge in [-0.2, -0.15) is 18.3 Å². The molecule has 0 aromatic carbocycles. The fraction of sp³-hybridized carbons (Fsp3) is 0.400. The Bertz CT molecular complexity index is 918. The Kier molecular flexibility index (Phi) is 6.39. The molecule has 0 atom stereocenters. The van der Waals surface area contributed by atoms with Crippen LogP contribution in [0.4, 0.5) is 13.2 Å². The Morgan fingerprint density at radius 1 is 1.11 bits per heavy atom. The van der Waals surface area contributed by atoms with Crippen molar-refractivity contribution in [2.24, 2.45) is 0 Å². The van der Waals surface area contributed by atoms with Gasteiger partial charge in [-0.1, -0.05) is 26.2 Å². The SMILES string of the molecule is CCCCCCc1ccc(-c2cc(OC)nc(-c3cc(C(F)(F)F)n[nH]3)c2)s1. The molecule has 1 N–H and O–H groups in total. The zero-order chi connectivity index (χ0) is 20.1. The van der Waals surface area contributed by atoms with Gasteiger partial charge in [-0.05, 0) is 42.7 Å². The molecule has 4 nitrogen and oxygen atoms in total. The van der Waals surface area contributed by atoms with E-state index in [4.69, 9.17) is 4.74 Å². The van der Waals surface area contributed by atoms with Crippen LogP contribution in [-0.4, -0.2) is 22.3 Å². The van der Waals surface area contributed by atoms with Crippen LogP contribution >= 0.6 is 11.3 Å². The van der Waals surface area contributed by atoms with Crippen LogP contribution in [0, 0.1) is 0 Å². The van der Waals surface area contributed by atoms with E-state index in [1.54, 1.807) is 23.5 Å². The number of pyridine rings is 1. The van der Waals surface area contributed by atoms with Gasteiger partial charge in [0.25, 0.3) is 0 Å². The van der Waals surface area contributed by atoms with Crippen LogP contribution in [0.1, 0.15) is 43.2 Å². The van der Waals surface area contributed by atoms with Gasteiger partial charge < -0.3 is 4.74 Å². The molecule has 0 saturated heterocycles. The van der Waals surface area contributed by atoms with Crippen molar-refractivity contribution in [3.05, 3.63) is 40.9 Å².